The zero-order valence-electron chi connectivity index (χ0n) is 16.2. The number of alkyl halides is 1. The number of rotatable bonds is 3. The van der Waals surface area contributed by atoms with Gasteiger partial charge in [0.15, 0.2) is 0 Å². The third-order valence-corrected chi connectivity index (χ3v) is 5.02. The van der Waals surface area contributed by atoms with Gasteiger partial charge in [0.2, 0.25) is 11.8 Å². The molecule has 0 N–H and O–H groups in total. The molecule has 0 fully saturated rings. The molecule has 7 heteroatoms. The molecule has 0 saturated heterocycles. The third-order valence-electron chi connectivity index (χ3n) is 4.46. The highest BCUT2D eigenvalue weighted by atomic mass is 79.9. The van der Waals surface area contributed by atoms with Gasteiger partial charge in [0.05, 0.1) is 25.3 Å². The lowest BCUT2D eigenvalue weighted by Gasteiger charge is -2.06. The van der Waals surface area contributed by atoms with Crippen LogP contribution in [0.15, 0.2) is 48.5 Å². The molecule has 0 bridgehead atoms. The van der Waals surface area contributed by atoms with Crippen LogP contribution in [-0.4, -0.2) is 24.2 Å². The molecule has 2 heterocycles. The number of aryl methyl sites for hydroxylation is 1. The van der Waals surface area contributed by atoms with E-state index in [1.165, 1.54) is 12.1 Å². The van der Waals surface area contributed by atoms with Crippen molar-refractivity contribution in [2.24, 2.45) is 0 Å². The van der Waals surface area contributed by atoms with Gasteiger partial charge in [-0.2, -0.15) is 0 Å². The molecule has 0 saturated carbocycles. The summed E-state index contributed by atoms with van der Waals surface area (Å²) in [6.45, 7) is 1.71. The molecule has 0 radical (unpaired) electrons. The number of halogens is 3. The minimum atomic E-state index is -0.250. The van der Waals surface area contributed by atoms with Crippen molar-refractivity contribution in [2.75, 3.05) is 14.2 Å². The van der Waals surface area contributed by atoms with E-state index in [1.54, 1.807) is 45.4 Å². The highest BCUT2D eigenvalue weighted by Crippen LogP contribution is 2.24. The fraction of sp³-hybridized carbons (Fsp3) is 0.182. The van der Waals surface area contributed by atoms with Crippen LogP contribution in [0.1, 0.15) is 11.1 Å². The van der Waals surface area contributed by atoms with E-state index < -0.39 is 0 Å². The maximum atomic E-state index is 13.4. The summed E-state index contributed by atoms with van der Waals surface area (Å²) < 4.78 is 36.6. The van der Waals surface area contributed by atoms with Crippen molar-refractivity contribution >= 4 is 37.7 Å². The first-order valence-corrected chi connectivity index (χ1v) is 9.88. The number of methoxy groups -OCH3 is 2. The van der Waals surface area contributed by atoms with Gasteiger partial charge < -0.3 is 9.47 Å². The lowest BCUT2D eigenvalue weighted by molar-refractivity contribution is 0.399. The zero-order chi connectivity index (χ0) is 21.0. The molecule has 0 spiro atoms. The number of nitrogens with zero attached hydrogens (tertiary/aromatic N) is 2. The van der Waals surface area contributed by atoms with Gasteiger partial charge in [-0.05, 0) is 43.3 Å². The van der Waals surface area contributed by atoms with Crippen LogP contribution in [0, 0.1) is 18.6 Å². The molecule has 2 aromatic heterocycles. The molecular formula is C22H19BrF2N2O2. The van der Waals surface area contributed by atoms with Gasteiger partial charge in [0, 0.05) is 39.4 Å². The molecule has 0 atom stereocenters. The Bertz CT molecular complexity index is 1170. The molecule has 4 rings (SSSR count). The predicted molar refractivity (Wildman–Crippen MR) is 114 cm³/mol. The first-order chi connectivity index (χ1) is 14.0. The van der Waals surface area contributed by atoms with Crippen LogP contribution in [0.5, 0.6) is 11.8 Å². The summed E-state index contributed by atoms with van der Waals surface area (Å²) in [6.07, 6.45) is 0. The highest BCUT2D eigenvalue weighted by Gasteiger charge is 2.08. The Hall–Kier alpha value is -2.80. The summed E-state index contributed by atoms with van der Waals surface area (Å²) in [5.74, 6) is 0.514. The standard InChI is InChI=1S/C11H9BrFNO.C11H10FNO/c1-15-10-5-3-7-2-4-9(13)8(6-12)11(7)14-10;1-7-9(12)5-3-8-4-6-10(14-2)13-11(7)8/h2-5H,6H2,1H3;3-6H,1-2H3. The topological polar surface area (TPSA) is 44.2 Å². The van der Waals surface area contributed by atoms with Gasteiger partial charge in [0.1, 0.15) is 11.6 Å². The zero-order valence-corrected chi connectivity index (χ0v) is 17.8. The van der Waals surface area contributed by atoms with Crippen molar-refractivity contribution in [3.8, 4) is 11.8 Å². The molecule has 29 heavy (non-hydrogen) atoms. The largest absolute Gasteiger partial charge is 0.481 e. The first-order valence-electron chi connectivity index (χ1n) is 8.76. The van der Waals surface area contributed by atoms with Crippen LogP contribution in [0.2, 0.25) is 0 Å². The van der Waals surface area contributed by atoms with Crippen molar-refractivity contribution in [1.82, 2.24) is 9.97 Å². The van der Waals surface area contributed by atoms with Crippen LogP contribution >= 0.6 is 15.9 Å². The normalized spacial score (nSPS) is 10.6. The lowest BCUT2D eigenvalue weighted by Crippen LogP contribution is -1.93. The molecule has 0 aliphatic heterocycles. The Morgan fingerprint density at radius 1 is 0.759 bits per heavy atom. The Balaban J connectivity index is 0.000000166. The van der Waals surface area contributed by atoms with Gasteiger partial charge >= 0.3 is 0 Å². The molecular weight excluding hydrogens is 442 g/mol. The molecule has 0 amide bonds. The van der Waals surface area contributed by atoms with E-state index in [1.807, 2.05) is 12.1 Å². The van der Waals surface area contributed by atoms with E-state index in [9.17, 15) is 8.78 Å². The number of pyridine rings is 2. The van der Waals surface area contributed by atoms with Crippen molar-refractivity contribution in [2.45, 2.75) is 12.3 Å². The van der Waals surface area contributed by atoms with E-state index in [2.05, 4.69) is 25.9 Å². The Morgan fingerprint density at radius 3 is 1.79 bits per heavy atom. The summed E-state index contributed by atoms with van der Waals surface area (Å²) in [6, 6.07) is 13.6. The second kappa shape index (κ2) is 9.13. The van der Waals surface area contributed by atoms with Crippen LogP contribution in [0.4, 0.5) is 8.78 Å². The number of benzene rings is 2. The number of fused-ring (bicyclic) bond motifs is 2. The van der Waals surface area contributed by atoms with E-state index in [-0.39, 0.29) is 11.6 Å². The molecule has 0 aliphatic carbocycles. The second-order valence-corrected chi connectivity index (χ2v) is 6.74. The second-order valence-electron chi connectivity index (χ2n) is 6.18. The van der Waals surface area contributed by atoms with Crippen LogP contribution in [0.3, 0.4) is 0 Å². The average molecular weight is 461 g/mol. The quantitative estimate of drug-likeness (QED) is 0.353. The van der Waals surface area contributed by atoms with Crippen LogP contribution in [0.25, 0.3) is 21.8 Å². The van der Waals surface area contributed by atoms with Gasteiger partial charge in [-0.25, -0.2) is 18.7 Å². The van der Waals surface area contributed by atoms with Crippen molar-refractivity contribution < 1.29 is 18.3 Å². The fourth-order valence-electron chi connectivity index (χ4n) is 2.85. The Labute approximate surface area is 175 Å². The number of hydrogen-bond donors (Lipinski definition) is 0. The Morgan fingerprint density at radius 2 is 1.24 bits per heavy atom. The minimum Gasteiger partial charge on any atom is -0.481 e. The Kier molecular flexibility index (Phi) is 6.59. The number of aromatic nitrogens is 2. The lowest BCUT2D eigenvalue weighted by atomic mass is 10.1. The number of hydrogen-bond acceptors (Lipinski definition) is 4. The molecule has 0 unspecified atom stereocenters. The fourth-order valence-corrected chi connectivity index (χ4v) is 3.38. The maximum Gasteiger partial charge on any atom is 0.213 e. The minimum absolute atomic E-state index is 0.238. The predicted octanol–water partition coefficient (Wildman–Crippen LogP) is 5.97. The van der Waals surface area contributed by atoms with Crippen LogP contribution in [-0.2, 0) is 5.33 Å². The van der Waals surface area contributed by atoms with E-state index >= 15 is 0 Å². The van der Waals surface area contributed by atoms with Gasteiger partial charge in [0.25, 0.3) is 0 Å². The van der Waals surface area contributed by atoms with Crippen molar-refractivity contribution in [3.05, 3.63) is 71.3 Å². The first kappa shape index (κ1) is 20.9. The van der Waals surface area contributed by atoms with Gasteiger partial charge in [-0.1, -0.05) is 15.9 Å². The molecule has 2 aromatic carbocycles. The van der Waals surface area contributed by atoms with E-state index in [0.29, 0.717) is 39.3 Å². The van der Waals surface area contributed by atoms with Crippen molar-refractivity contribution in [3.63, 3.8) is 0 Å². The molecule has 150 valence electrons. The average Bonchev–Trinajstić information content (AvgIpc) is 2.76. The summed E-state index contributed by atoms with van der Waals surface area (Å²) >= 11 is 3.26. The summed E-state index contributed by atoms with van der Waals surface area (Å²) in [4.78, 5) is 8.42. The van der Waals surface area contributed by atoms with Crippen molar-refractivity contribution in [1.29, 1.82) is 0 Å². The third kappa shape index (κ3) is 4.45. The van der Waals surface area contributed by atoms with E-state index in [4.69, 9.17) is 9.47 Å². The monoisotopic (exact) mass is 460 g/mol. The summed E-state index contributed by atoms with van der Waals surface area (Å²) in [5, 5.41) is 2.27. The smallest absolute Gasteiger partial charge is 0.213 e. The SMILES string of the molecule is COc1ccc2ccc(F)c(C)c2n1.COc1ccc2ccc(F)c(CBr)c2n1. The molecule has 0 aliphatic rings. The summed E-state index contributed by atoms with van der Waals surface area (Å²) in [5.41, 5.74) is 2.42. The molecule has 4 aromatic rings. The molecule has 4 nitrogen and oxygen atoms in total. The van der Waals surface area contributed by atoms with E-state index in [0.717, 1.165) is 10.8 Å². The summed E-state index contributed by atoms with van der Waals surface area (Å²) in [7, 11) is 3.09. The maximum absolute atomic E-state index is 13.4. The van der Waals surface area contributed by atoms with Crippen LogP contribution < -0.4 is 9.47 Å². The highest BCUT2D eigenvalue weighted by molar-refractivity contribution is 9.08. The van der Waals surface area contributed by atoms with Gasteiger partial charge in [-0.15, -0.1) is 0 Å². The number of ether oxygens (including phenoxy) is 2. The van der Waals surface area contributed by atoms with Gasteiger partial charge in [-0.3, -0.25) is 0 Å².